The highest BCUT2D eigenvalue weighted by molar-refractivity contribution is 5.76. The second-order valence-electron chi connectivity index (χ2n) is 7.77. The van der Waals surface area contributed by atoms with Gasteiger partial charge in [0.05, 0.1) is 0 Å². The summed E-state index contributed by atoms with van der Waals surface area (Å²) in [5.74, 6) is 2.44. The molecule has 0 saturated carbocycles. The Morgan fingerprint density at radius 1 is 1.17 bits per heavy atom. The van der Waals surface area contributed by atoms with E-state index < -0.39 is 0 Å². The van der Waals surface area contributed by atoms with Gasteiger partial charge in [-0.15, -0.1) is 0 Å². The Morgan fingerprint density at radius 2 is 2.00 bits per heavy atom. The number of rotatable bonds is 8. The maximum Gasteiger partial charge on any atom is 0.224 e. The van der Waals surface area contributed by atoms with Crippen LogP contribution in [0.5, 0.6) is 11.6 Å². The number of benzene rings is 1. The Kier molecular flexibility index (Phi) is 7.44. The lowest BCUT2D eigenvalue weighted by Crippen LogP contribution is -2.54. The van der Waals surface area contributed by atoms with E-state index in [4.69, 9.17) is 4.74 Å². The number of nitrogens with zero attached hydrogens (tertiary/aromatic N) is 4. The monoisotopic (exact) mass is 396 g/mol. The standard InChI is InChI=1S/C23H32N4O2/c1-4-5-6-7-12-23(28)27-14-13-26(16-19(27)3)21-15-22(25-17-24-21)29-20-11-9-8-10-18(20)2/h8-11,15,17,19H,4-7,12-14,16H2,1-3H3. The highest BCUT2D eigenvalue weighted by Crippen LogP contribution is 2.26. The molecule has 6 heteroatoms. The molecule has 1 saturated heterocycles. The summed E-state index contributed by atoms with van der Waals surface area (Å²) in [7, 11) is 0. The predicted molar refractivity (Wildman–Crippen MR) is 115 cm³/mol. The first-order chi connectivity index (χ1) is 14.1. The lowest BCUT2D eigenvalue weighted by molar-refractivity contribution is -0.133. The van der Waals surface area contributed by atoms with Crippen molar-refractivity contribution in [1.29, 1.82) is 0 Å². The van der Waals surface area contributed by atoms with Crippen molar-refractivity contribution in [3.05, 3.63) is 42.2 Å². The van der Waals surface area contributed by atoms with Gasteiger partial charge in [0.25, 0.3) is 0 Å². The number of carbonyl (C=O) groups is 1. The number of carbonyl (C=O) groups excluding carboxylic acids is 1. The molecule has 29 heavy (non-hydrogen) atoms. The van der Waals surface area contributed by atoms with Gasteiger partial charge in [-0.3, -0.25) is 4.79 Å². The van der Waals surface area contributed by atoms with Crippen LogP contribution in [0.25, 0.3) is 0 Å². The highest BCUT2D eigenvalue weighted by atomic mass is 16.5. The summed E-state index contributed by atoms with van der Waals surface area (Å²) < 4.78 is 5.95. The highest BCUT2D eigenvalue weighted by Gasteiger charge is 2.27. The van der Waals surface area contributed by atoms with Crippen LogP contribution >= 0.6 is 0 Å². The Morgan fingerprint density at radius 3 is 2.76 bits per heavy atom. The number of hydrogen-bond donors (Lipinski definition) is 0. The third-order valence-electron chi connectivity index (χ3n) is 5.45. The number of unbranched alkanes of at least 4 members (excludes halogenated alkanes) is 3. The van der Waals surface area contributed by atoms with E-state index in [1.165, 1.54) is 12.8 Å². The van der Waals surface area contributed by atoms with Gasteiger partial charge in [-0.25, -0.2) is 9.97 Å². The van der Waals surface area contributed by atoms with E-state index in [1.54, 1.807) is 6.33 Å². The molecular weight excluding hydrogens is 364 g/mol. The molecule has 0 bridgehead atoms. The van der Waals surface area contributed by atoms with Crippen LogP contribution < -0.4 is 9.64 Å². The summed E-state index contributed by atoms with van der Waals surface area (Å²) in [6.07, 6.45) is 6.73. The number of amides is 1. The number of aryl methyl sites for hydroxylation is 1. The minimum atomic E-state index is 0.165. The van der Waals surface area contributed by atoms with E-state index in [-0.39, 0.29) is 11.9 Å². The lowest BCUT2D eigenvalue weighted by atomic mass is 10.1. The van der Waals surface area contributed by atoms with Crippen LogP contribution in [0.3, 0.4) is 0 Å². The van der Waals surface area contributed by atoms with Crippen molar-refractivity contribution in [3.63, 3.8) is 0 Å². The van der Waals surface area contributed by atoms with Crippen molar-refractivity contribution in [2.45, 2.75) is 58.9 Å². The van der Waals surface area contributed by atoms with Gasteiger partial charge in [0.15, 0.2) is 0 Å². The van der Waals surface area contributed by atoms with E-state index >= 15 is 0 Å². The number of aromatic nitrogens is 2. The summed E-state index contributed by atoms with van der Waals surface area (Å²) in [6, 6.07) is 9.92. The van der Waals surface area contributed by atoms with Crippen LogP contribution in [0.15, 0.2) is 36.7 Å². The third-order valence-corrected chi connectivity index (χ3v) is 5.45. The fraction of sp³-hybridized carbons (Fsp3) is 0.522. The number of piperazine rings is 1. The van der Waals surface area contributed by atoms with Gasteiger partial charge in [0.1, 0.15) is 17.9 Å². The molecule has 1 atom stereocenters. The molecule has 1 unspecified atom stereocenters. The summed E-state index contributed by atoms with van der Waals surface area (Å²) in [4.78, 5) is 25.5. The molecule has 2 aromatic rings. The van der Waals surface area contributed by atoms with Gasteiger partial charge in [0, 0.05) is 38.2 Å². The fourth-order valence-corrected chi connectivity index (χ4v) is 3.73. The number of ether oxygens (including phenoxy) is 1. The van der Waals surface area contributed by atoms with E-state index in [0.29, 0.717) is 12.3 Å². The van der Waals surface area contributed by atoms with Crippen molar-refractivity contribution in [2.75, 3.05) is 24.5 Å². The zero-order chi connectivity index (χ0) is 20.6. The molecule has 0 N–H and O–H groups in total. The minimum absolute atomic E-state index is 0.165. The number of anilines is 1. The quantitative estimate of drug-likeness (QED) is 0.611. The van der Waals surface area contributed by atoms with Gasteiger partial charge < -0.3 is 14.5 Å². The van der Waals surface area contributed by atoms with Crippen molar-refractivity contribution in [2.24, 2.45) is 0 Å². The molecule has 0 spiro atoms. The minimum Gasteiger partial charge on any atom is -0.439 e. The molecule has 1 fully saturated rings. The molecule has 0 aliphatic carbocycles. The maximum absolute atomic E-state index is 12.6. The molecule has 1 aromatic heterocycles. The van der Waals surface area contributed by atoms with Gasteiger partial charge in [-0.1, -0.05) is 44.4 Å². The largest absolute Gasteiger partial charge is 0.439 e. The summed E-state index contributed by atoms with van der Waals surface area (Å²) in [6.45, 7) is 8.58. The zero-order valence-corrected chi connectivity index (χ0v) is 17.8. The van der Waals surface area contributed by atoms with Gasteiger partial charge in [-0.2, -0.15) is 0 Å². The molecule has 156 valence electrons. The van der Waals surface area contributed by atoms with Crippen LogP contribution in [-0.4, -0.2) is 46.5 Å². The first-order valence-electron chi connectivity index (χ1n) is 10.7. The van der Waals surface area contributed by atoms with Crippen molar-refractivity contribution < 1.29 is 9.53 Å². The Bertz CT molecular complexity index is 811. The topological polar surface area (TPSA) is 58.6 Å². The van der Waals surface area contributed by atoms with Crippen LogP contribution in [0.1, 0.15) is 51.5 Å². The van der Waals surface area contributed by atoms with Crippen LogP contribution in [0, 0.1) is 6.92 Å². The first kappa shape index (κ1) is 21.1. The number of hydrogen-bond acceptors (Lipinski definition) is 5. The Labute approximate surface area is 173 Å². The van der Waals surface area contributed by atoms with Gasteiger partial charge >= 0.3 is 0 Å². The van der Waals surface area contributed by atoms with Crippen LogP contribution in [0.2, 0.25) is 0 Å². The van der Waals surface area contributed by atoms with Crippen LogP contribution in [0.4, 0.5) is 5.82 Å². The molecule has 3 rings (SSSR count). The molecular formula is C23H32N4O2. The molecule has 1 aliphatic heterocycles. The first-order valence-corrected chi connectivity index (χ1v) is 10.7. The predicted octanol–water partition coefficient (Wildman–Crippen LogP) is 4.58. The zero-order valence-electron chi connectivity index (χ0n) is 17.8. The SMILES string of the molecule is CCCCCCC(=O)N1CCN(c2cc(Oc3ccccc3C)ncn2)CC1C. The normalized spacial score (nSPS) is 16.7. The average molecular weight is 397 g/mol. The van der Waals surface area contributed by atoms with Crippen molar-refractivity contribution in [1.82, 2.24) is 14.9 Å². The fourth-order valence-electron chi connectivity index (χ4n) is 3.73. The second-order valence-corrected chi connectivity index (χ2v) is 7.77. The van der Waals surface area contributed by atoms with Crippen molar-refractivity contribution >= 4 is 11.7 Å². The Balaban J connectivity index is 1.58. The lowest BCUT2D eigenvalue weighted by Gasteiger charge is -2.40. The molecule has 0 radical (unpaired) electrons. The van der Waals surface area contributed by atoms with E-state index in [2.05, 4.69) is 28.7 Å². The molecule has 1 aliphatic rings. The van der Waals surface area contributed by atoms with Gasteiger partial charge in [0.2, 0.25) is 11.8 Å². The van der Waals surface area contributed by atoms with Crippen molar-refractivity contribution in [3.8, 4) is 11.6 Å². The molecule has 1 amide bonds. The summed E-state index contributed by atoms with van der Waals surface area (Å²) in [5, 5.41) is 0. The Hall–Kier alpha value is -2.63. The average Bonchev–Trinajstić information content (AvgIpc) is 2.73. The number of para-hydroxylation sites is 1. The van der Waals surface area contributed by atoms with Gasteiger partial charge in [-0.05, 0) is 31.9 Å². The summed E-state index contributed by atoms with van der Waals surface area (Å²) >= 11 is 0. The van der Waals surface area contributed by atoms with E-state index in [1.807, 2.05) is 42.2 Å². The van der Waals surface area contributed by atoms with Crippen LogP contribution in [-0.2, 0) is 4.79 Å². The third kappa shape index (κ3) is 5.68. The maximum atomic E-state index is 12.6. The second kappa shape index (κ2) is 10.2. The smallest absolute Gasteiger partial charge is 0.224 e. The van der Waals surface area contributed by atoms with E-state index in [9.17, 15) is 4.79 Å². The molecule has 6 nitrogen and oxygen atoms in total. The summed E-state index contributed by atoms with van der Waals surface area (Å²) in [5.41, 5.74) is 1.06. The van der Waals surface area contributed by atoms with E-state index in [0.717, 1.165) is 49.6 Å². The molecule has 2 heterocycles. The molecule has 1 aromatic carbocycles.